The van der Waals surface area contributed by atoms with Crippen LogP contribution < -0.4 is 0 Å². The summed E-state index contributed by atoms with van der Waals surface area (Å²) in [6.45, 7) is 5.87. The average Bonchev–Trinajstić information content (AvgIpc) is 3.17. The van der Waals surface area contributed by atoms with Crippen LogP contribution in [0.2, 0.25) is 5.02 Å². The first-order chi connectivity index (χ1) is 12.6. The van der Waals surface area contributed by atoms with Gasteiger partial charge in [0, 0.05) is 37.6 Å². The van der Waals surface area contributed by atoms with Gasteiger partial charge in [-0.2, -0.15) is 4.52 Å². The van der Waals surface area contributed by atoms with E-state index >= 15 is 0 Å². The molecule has 1 aromatic carbocycles. The number of halogens is 1. The number of nitrogens with zero attached hydrogens (tertiary/aromatic N) is 5. The molecule has 138 valence electrons. The third-order valence-electron chi connectivity index (χ3n) is 4.88. The van der Waals surface area contributed by atoms with Gasteiger partial charge in [0.05, 0.1) is 10.9 Å². The predicted octanol–water partition coefficient (Wildman–Crippen LogP) is 3.05. The Morgan fingerprint density at radius 2 is 2.04 bits per heavy atom. The Labute approximate surface area is 161 Å². The van der Waals surface area contributed by atoms with Gasteiger partial charge in [0.2, 0.25) is 10.8 Å². The fourth-order valence-electron chi connectivity index (χ4n) is 3.40. The van der Waals surface area contributed by atoms with Crippen molar-refractivity contribution in [1.29, 1.82) is 0 Å². The lowest BCUT2D eigenvalue weighted by Crippen LogP contribution is -2.46. The van der Waals surface area contributed by atoms with Crippen molar-refractivity contribution in [2.24, 2.45) is 0 Å². The zero-order chi connectivity index (χ0) is 18.3. The fourth-order valence-corrected chi connectivity index (χ4v) is 4.74. The normalized spacial score (nSPS) is 17.8. The topological polar surface area (TPSA) is 56.9 Å². The standard InChI is InChI=1S/C18H22ClN5OS/c1-3-14-20-18-24(21-14)17(25)16(26-18)15(12-5-4-6-13(19)11-12)23-9-7-22(2)8-10-23/h4-6,11,15,25H,3,7-10H2,1-2H3. The summed E-state index contributed by atoms with van der Waals surface area (Å²) in [6.07, 6.45) is 0.749. The van der Waals surface area contributed by atoms with Crippen molar-refractivity contribution in [2.75, 3.05) is 33.2 Å². The molecular formula is C18H22ClN5OS. The van der Waals surface area contributed by atoms with E-state index in [2.05, 4.69) is 33.0 Å². The second-order valence-corrected chi connectivity index (χ2v) is 8.11. The molecule has 2 aromatic heterocycles. The Morgan fingerprint density at radius 3 is 2.69 bits per heavy atom. The molecule has 1 aliphatic rings. The first kappa shape index (κ1) is 17.7. The highest BCUT2D eigenvalue weighted by Crippen LogP contribution is 2.40. The van der Waals surface area contributed by atoms with E-state index in [-0.39, 0.29) is 11.9 Å². The second kappa shape index (κ2) is 7.15. The van der Waals surface area contributed by atoms with Gasteiger partial charge in [-0.15, -0.1) is 5.10 Å². The molecule has 1 fully saturated rings. The largest absolute Gasteiger partial charge is 0.492 e. The van der Waals surface area contributed by atoms with Crippen molar-refractivity contribution in [1.82, 2.24) is 24.4 Å². The summed E-state index contributed by atoms with van der Waals surface area (Å²) >= 11 is 7.76. The minimum absolute atomic E-state index is 0.0547. The summed E-state index contributed by atoms with van der Waals surface area (Å²) in [5.74, 6) is 0.929. The molecule has 8 heteroatoms. The number of hydrogen-bond acceptors (Lipinski definition) is 6. The minimum Gasteiger partial charge on any atom is -0.492 e. The highest BCUT2D eigenvalue weighted by Gasteiger charge is 2.31. The number of fused-ring (bicyclic) bond motifs is 1. The summed E-state index contributed by atoms with van der Waals surface area (Å²) in [5, 5.41) is 16.0. The molecule has 3 aromatic rings. The molecule has 26 heavy (non-hydrogen) atoms. The third-order valence-corrected chi connectivity index (χ3v) is 6.18. The smallest absolute Gasteiger partial charge is 0.230 e. The molecule has 0 bridgehead atoms. The van der Waals surface area contributed by atoms with Gasteiger partial charge < -0.3 is 10.0 Å². The van der Waals surface area contributed by atoms with E-state index in [4.69, 9.17) is 11.6 Å². The lowest BCUT2D eigenvalue weighted by molar-refractivity contribution is 0.127. The van der Waals surface area contributed by atoms with Gasteiger partial charge in [-0.1, -0.05) is 42.0 Å². The lowest BCUT2D eigenvalue weighted by atomic mass is 10.0. The van der Waals surface area contributed by atoms with Crippen molar-refractivity contribution in [3.8, 4) is 5.88 Å². The molecule has 0 aliphatic carbocycles. The summed E-state index contributed by atoms with van der Waals surface area (Å²) in [5.41, 5.74) is 1.08. The van der Waals surface area contributed by atoms with Crippen LogP contribution >= 0.6 is 22.9 Å². The van der Waals surface area contributed by atoms with Crippen molar-refractivity contribution in [3.63, 3.8) is 0 Å². The maximum Gasteiger partial charge on any atom is 0.230 e. The van der Waals surface area contributed by atoms with E-state index in [1.807, 2.05) is 25.1 Å². The van der Waals surface area contributed by atoms with Crippen molar-refractivity contribution >= 4 is 27.9 Å². The molecule has 1 unspecified atom stereocenters. The molecule has 1 saturated heterocycles. The van der Waals surface area contributed by atoms with Crippen LogP contribution in [-0.2, 0) is 6.42 Å². The Kier molecular flexibility index (Phi) is 4.88. The third kappa shape index (κ3) is 3.20. The van der Waals surface area contributed by atoms with Crippen LogP contribution in [0.1, 0.15) is 29.2 Å². The first-order valence-electron chi connectivity index (χ1n) is 8.82. The molecule has 4 rings (SSSR count). The molecule has 0 radical (unpaired) electrons. The van der Waals surface area contributed by atoms with Crippen LogP contribution in [-0.4, -0.2) is 62.7 Å². The van der Waals surface area contributed by atoms with Crippen LogP contribution in [0.25, 0.3) is 4.96 Å². The van der Waals surface area contributed by atoms with Crippen molar-refractivity contribution in [3.05, 3.63) is 45.6 Å². The zero-order valence-electron chi connectivity index (χ0n) is 14.9. The number of benzene rings is 1. The van der Waals surface area contributed by atoms with Crippen LogP contribution in [0.15, 0.2) is 24.3 Å². The summed E-state index contributed by atoms with van der Waals surface area (Å²) < 4.78 is 1.56. The van der Waals surface area contributed by atoms with Crippen LogP contribution in [0.4, 0.5) is 0 Å². The highest BCUT2D eigenvalue weighted by molar-refractivity contribution is 7.17. The number of hydrogen-bond donors (Lipinski definition) is 1. The van der Waals surface area contributed by atoms with Crippen molar-refractivity contribution in [2.45, 2.75) is 19.4 Å². The van der Waals surface area contributed by atoms with Crippen LogP contribution in [0.5, 0.6) is 5.88 Å². The number of aromatic hydroxyl groups is 1. The highest BCUT2D eigenvalue weighted by atomic mass is 35.5. The van der Waals surface area contributed by atoms with E-state index in [1.165, 1.54) is 11.3 Å². The van der Waals surface area contributed by atoms with E-state index in [0.717, 1.165) is 53.8 Å². The number of thiazole rings is 1. The Morgan fingerprint density at radius 1 is 1.27 bits per heavy atom. The zero-order valence-corrected chi connectivity index (χ0v) is 16.5. The van der Waals surface area contributed by atoms with Crippen molar-refractivity contribution < 1.29 is 5.11 Å². The van der Waals surface area contributed by atoms with Gasteiger partial charge >= 0.3 is 0 Å². The molecule has 1 N–H and O–H groups in total. The van der Waals surface area contributed by atoms with E-state index in [0.29, 0.717) is 5.02 Å². The van der Waals surface area contributed by atoms with Crippen LogP contribution in [0, 0.1) is 0 Å². The van der Waals surface area contributed by atoms with Gasteiger partial charge in [-0.3, -0.25) is 4.90 Å². The van der Waals surface area contributed by atoms with Gasteiger partial charge in [0.15, 0.2) is 5.82 Å². The predicted molar refractivity (Wildman–Crippen MR) is 104 cm³/mol. The molecule has 6 nitrogen and oxygen atoms in total. The van der Waals surface area contributed by atoms with Gasteiger partial charge in [-0.05, 0) is 24.7 Å². The quantitative estimate of drug-likeness (QED) is 0.740. The van der Waals surface area contributed by atoms with E-state index < -0.39 is 0 Å². The first-order valence-corrected chi connectivity index (χ1v) is 10.0. The maximum atomic E-state index is 10.9. The average molecular weight is 392 g/mol. The molecule has 3 heterocycles. The van der Waals surface area contributed by atoms with Gasteiger partial charge in [0.25, 0.3) is 0 Å². The van der Waals surface area contributed by atoms with E-state index in [9.17, 15) is 5.11 Å². The summed E-state index contributed by atoms with van der Waals surface area (Å²) in [6, 6.07) is 7.84. The van der Waals surface area contributed by atoms with Gasteiger partial charge in [0.1, 0.15) is 0 Å². The molecule has 0 saturated carbocycles. The number of rotatable bonds is 4. The molecule has 0 amide bonds. The molecule has 1 atom stereocenters. The number of aromatic nitrogens is 3. The molecule has 1 aliphatic heterocycles. The maximum absolute atomic E-state index is 10.9. The Bertz CT molecular complexity index is 916. The summed E-state index contributed by atoms with van der Waals surface area (Å²) in [4.78, 5) is 10.8. The fraction of sp³-hybridized carbons (Fsp3) is 0.444. The minimum atomic E-state index is -0.0547. The molecule has 0 spiro atoms. The SMILES string of the molecule is CCc1nc2sc(C(c3cccc(Cl)c3)N3CCN(C)CC3)c(O)n2n1. The number of aryl methyl sites for hydroxylation is 1. The molecular weight excluding hydrogens is 370 g/mol. The second-order valence-electron chi connectivity index (χ2n) is 6.66. The lowest BCUT2D eigenvalue weighted by Gasteiger charge is -2.37. The Hall–Kier alpha value is -1.67. The van der Waals surface area contributed by atoms with Crippen LogP contribution in [0.3, 0.4) is 0 Å². The summed E-state index contributed by atoms with van der Waals surface area (Å²) in [7, 11) is 2.14. The monoisotopic (exact) mass is 391 g/mol. The van der Waals surface area contributed by atoms with Gasteiger partial charge in [-0.25, -0.2) is 4.98 Å². The Balaban J connectivity index is 1.79. The number of likely N-dealkylation sites (N-methyl/N-ethyl adjacent to an activating group) is 1. The number of piperazine rings is 1. The van der Waals surface area contributed by atoms with E-state index in [1.54, 1.807) is 4.52 Å².